The van der Waals surface area contributed by atoms with Crippen molar-refractivity contribution in [3.63, 3.8) is 0 Å². The van der Waals surface area contributed by atoms with Gasteiger partial charge in [-0.15, -0.1) is 12.8 Å². The minimum Gasteiger partial charge on any atom is -0.304 e. The van der Waals surface area contributed by atoms with Gasteiger partial charge in [-0.3, -0.25) is 0 Å². The highest BCUT2D eigenvalue weighted by atomic mass is 15.2. The Kier molecular flexibility index (Phi) is 11.6. The third kappa shape index (κ3) is 9.21. The third-order valence-corrected chi connectivity index (χ3v) is 3.42. The van der Waals surface area contributed by atoms with E-state index < -0.39 is 0 Å². The fourth-order valence-corrected chi connectivity index (χ4v) is 2.19. The Balaban J connectivity index is 0.00000121. The zero-order valence-corrected chi connectivity index (χ0v) is 11.8. The zero-order chi connectivity index (χ0) is 12.9. The third-order valence-electron chi connectivity index (χ3n) is 3.42. The Labute approximate surface area is 108 Å². The zero-order valence-electron chi connectivity index (χ0n) is 11.8. The quantitative estimate of drug-likeness (QED) is 0.497. The molecule has 0 radical (unpaired) electrons. The van der Waals surface area contributed by atoms with Gasteiger partial charge < -0.3 is 9.80 Å². The minimum absolute atomic E-state index is 1.26. The average Bonchev–Trinajstić information content (AvgIpc) is 2.38. The van der Waals surface area contributed by atoms with Crippen LogP contribution >= 0.6 is 0 Å². The Morgan fingerprint density at radius 1 is 0.824 bits per heavy atom. The van der Waals surface area contributed by atoms with Crippen molar-refractivity contribution >= 4 is 0 Å². The van der Waals surface area contributed by atoms with E-state index in [1.807, 2.05) is 0 Å². The lowest BCUT2D eigenvalue weighted by molar-refractivity contribution is 0.152. The Morgan fingerprint density at radius 2 is 1.35 bits per heavy atom. The van der Waals surface area contributed by atoms with Gasteiger partial charge in [0.2, 0.25) is 0 Å². The van der Waals surface area contributed by atoms with E-state index in [1.54, 1.807) is 0 Å². The van der Waals surface area contributed by atoms with Crippen molar-refractivity contribution in [2.24, 2.45) is 0 Å². The van der Waals surface area contributed by atoms with E-state index in [-0.39, 0.29) is 0 Å². The van der Waals surface area contributed by atoms with Crippen LogP contribution in [0.4, 0.5) is 0 Å². The topological polar surface area (TPSA) is 6.48 Å². The van der Waals surface area contributed by atoms with Gasteiger partial charge in [0.05, 0.1) is 0 Å². The summed E-state index contributed by atoms with van der Waals surface area (Å²) in [5.74, 6) is 0. The molecule has 2 nitrogen and oxygen atoms in total. The molecule has 17 heavy (non-hydrogen) atoms. The lowest BCUT2D eigenvalue weighted by atomic mass is 10.1. The molecule has 0 bridgehead atoms. The number of hydrogen-bond acceptors (Lipinski definition) is 2. The van der Waals surface area contributed by atoms with E-state index in [2.05, 4.69) is 36.6 Å². The fourth-order valence-electron chi connectivity index (χ4n) is 2.19. The maximum atomic E-state index is 4.00. The molecule has 0 aromatic heterocycles. The number of rotatable bonds is 7. The van der Waals surface area contributed by atoms with Crippen LogP contribution in [0.5, 0.6) is 0 Å². The SMILES string of the molecule is C#C.CCCCCCCCN1CCN(C)CC1. The number of piperazine rings is 1. The van der Waals surface area contributed by atoms with Crippen LogP contribution in [0.25, 0.3) is 0 Å². The van der Waals surface area contributed by atoms with Crippen molar-refractivity contribution in [3.05, 3.63) is 0 Å². The molecule has 0 amide bonds. The van der Waals surface area contributed by atoms with Gasteiger partial charge in [0.25, 0.3) is 0 Å². The molecule has 0 aliphatic carbocycles. The van der Waals surface area contributed by atoms with Gasteiger partial charge >= 0.3 is 0 Å². The Morgan fingerprint density at radius 3 is 1.94 bits per heavy atom. The molecular formula is C15H30N2. The van der Waals surface area contributed by atoms with Gasteiger partial charge in [-0.2, -0.15) is 0 Å². The van der Waals surface area contributed by atoms with E-state index in [9.17, 15) is 0 Å². The molecule has 0 aromatic rings. The van der Waals surface area contributed by atoms with Crippen molar-refractivity contribution in [1.82, 2.24) is 9.80 Å². The highest BCUT2D eigenvalue weighted by Gasteiger charge is 2.12. The van der Waals surface area contributed by atoms with Crippen LogP contribution in [-0.2, 0) is 0 Å². The van der Waals surface area contributed by atoms with Crippen LogP contribution in [0, 0.1) is 12.8 Å². The number of nitrogens with zero attached hydrogens (tertiary/aromatic N) is 2. The number of unbranched alkanes of at least 4 members (excludes halogenated alkanes) is 5. The normalized spacial score (nSPS) is 17.4. The van der Waals surface area contributed by atoms with Crippen molar-refractivity contribution in [2.75, 3.05) is 39.8 Å². The standard InChI is InChI=1S/C13H28N2.C2H2/c1-3-4-5-6-7-8-9-15-12-10-14(2)11-13-15;1-2/h3-13H2,1-2H3;1-2H. The summed E-state index contributed by atoms with van der Waals surface area (Å²) in [6.07, 6.45) is 16.5. The molecule has 2 heteroatoms. The average molecular weight is 238 g/mol. The molecule has 0 aromatic carbocycles. The number of hydrogen-bond donors (Lipinski definition) is 0. The molecule has 0 spiro atoms. The molecule has 1 heterocycles. The van der Waals surface area contributed by atoms with E-state index in [4.69, 9.17) is 0 Å². The summed E-state index contributed by atoms with van der Waals surface area (Å²) < 4.78 is 0. The summed E-state index contributed by atoms with van der Waals surface area (Å²) in [5.41, 5.74) is 0. The maximum absolute atomic E-state index is 4.00. The second kappa shape index (κ2) is 12.0. The first-order valence-corrected chi connectivity index (χ1v) is 7.07. The largest absolute Gasteiger partial charge is 0.304 e. The molecule has 0 unspecified atom stereocenters. The van der Waals surface area contributed by atoms with E-state index in [1.165, 1.54) is 71.2 Å². The van der Waals surface area contributed by atoms with Gasteiger partial charge in [0.15, 0.2) is 0 Å². The van der Waals surface area contributed by atoms with Gasteiger partial charge in [0.1, 0.15) is 0 Å². The van der Waals surface area contributed by atoms with Crippen molar-refractivity contribution < 1.29 is 0 Å². The van der Waals surface area contributed by atoms with Crippen LogP contribution in [0.2, 0.25) is 0 Å². The first kappa shape index (κ1) is 16.5. The summed E-state index contributed by atoms with van der Waals surface area (Å²) in [4.78, 5) is 5.05. The van der Waals surface area contributed by atoms with Gasteiger partial charge in [-0.05, 0) is 20.0 Å². The van der Waals surface area contributed by atoms with Crippen LogP contribution < -0.4 is 0 Å². The molecule has 0 saturated carbocycles. The monoisotopic (exact) mass is 238 g/mol. The predicted molar refractivity (Wildman–Crippen MR) is 77.2 cm³/mol. The minimum atomic E-state index is 1.26. The molecule has 0 N–H and O–H groups in total. The predicted octanol–water partition coefficient (Wildman–Crippen LogP) is 2.84. The molecule has 1 saturated heterocycles. The molecular weight excluding hydrogens is 208 g/mol. The highest BCUT2D eigenvalue weighted by Crippen LogP contribution is 2.07. The second-order valence-corrected chi connectivity index (χ2v) is 4.91. The number of likely N-dealkylation sites (N-methyl/N-ethyl adjacent to an activating group) is 1. The van der Waals surface area contributed by atoms with E-state index in [0.29, 0.717) is 0 Å². The van der Waals surface area contributed by atoms with E-state index in [0.717, 1.165) is 0 Å². The molecule has 0 atom stereocenters. The maximum Gasteiger partial charge on any atom is 0.0110 e. The fraction of sp³-hybridized carbons (Fsp3) is 0.867. The van der Waals surface area contributed by atoms with Crippen molar-refractivity contribution in [3.8, 4) is 12.8 Å². The van der Waals surface area contributed by atoms with E-state index >= 15 is 0 Å². The molecule has 100 valence electrons. The van der Waals surface area contributed by atoms with Gasteiger partial charge in [-0.25, -0.2) is 0 Å². The lowest BCUT2D eigenvalue weighted by Gasteiger charge is -2.32. The van der Waals surface area contributed by atoms with Crippen LogP contribution in [0.1, 0.15) is 45.4 Å². The molecule has 1 rings (SSSR count). The Bertz CT molecular complexity index is 169. The van der Waals surface area contributed by atoms with Crippen molar-refractivity contribution in [2.45, 2.75) is 45.4 Å². The summed E-state index contributed by atoms with van der Waals surface area (Å²) in [6, 6.07) is 0. The molecule has 1 aliphatic heterocycles. The second-order valence-electron chi connectivity index (χ2n) is 4.91. The van der Waals surface area contributed by atoms with Crippen LogP contribution in [0.3, 0.4) is 0 Å². The van der Waals surface area contributed by atoms with Crippen molar-refractivity contribution in [1.29, 1.82) is 0 Å². The van der Waals surface area contributed by atoms with Gasteiger partial charge in [0, 0.05) is 26.2 Å². The summed E-state index contributed by atoms with van der Waals surface area (Å²) in [7, 11) is 2.22. The summed E-state index contributed by atoms with van der Waals surface area (Å²) >= 11 is 0. The van der Waals surface area contributed by atoms with Crippen LogP contribution in [-0.4, -0.2) is 49.6 Å². The molecule has 1 fully saturated rings. The summed E-state index contributed by atoms with van der Waals surface area (Å²) in [6.45, 7) is 8.70. The Hall–Kier alpha value is -0.520. The van der Waals surface area contributed by atoms with Crippen LogP contribution in [0.15, 0.2) is 0 Å². The first-order valence-electron chi connectivity index (χ1n) is 7.07. The smallest absolute Gasteiger partial charge is 0.0110 e. The summed E-state index contributed by atoms with van der Waals surface area (Å²) in [5, 5.41) is 0. The first-order chi connectivity index (χ1) is 8.33. The van der Waals surface area contributed by atoms with Gasteiger partial charge in [-0.1, -0.05) is 39.0 Å². The lowest BCUT2D eigenvalue weighted by Crippen LogP contribution is -2.44. The molecule has 1 aliphatic rings. The highest BCUT2D eigenvalue weighted by molar-refractivity contribution is 4.68. The number of terminal acetylenes is 1.